The number of nitrogens with zero attached hydrogens (tertiary/aromatic N) is 1. The van der Waals surface area contributed by atoms with E-state index in [9.17, 15) is 31.5 Å². The van der Waals surface area contributed by atoms with Gasteiger partial charge in [-0.15, -0.1) is 0 Å². The number of aliphatic carboxylic acids is 1. The van der Waals surface area contributed by atoms with Crippen molar-refractivity contribution in [3.63, 3.8) is 0 Å². The first-order chi connectivity index (χ1) is 15.5. The average Bonchev–Trinajstić information content (AvgIpc) is 3.15. The molecular formula is C23H24F3NO5S. The van der Waals surface area contributed by atoms with E-state index in [1.54, 1.807) is 19.1 Å². The summed E-state index contributed by atoms with van der Waals surface area (Å²) in [6.45, 7) is 1.70. The zero-order valence-corrected chi connectivity index (χ0v) is 18.7. The standard InChI is InChI=1S/C23H24F3NO5S/c1-13-9-15(7-8-27-13)14-5-6-21(19(10-14)23(24,25)26)33(30,31)17-11-18(22(28)29)20(12-17)32-16-3-2-4-16/h5-10,16-18,20H,2-4,11-12H2,1H3,(H,28,29)/t17-,18-,20-/m0/s1. The van der Waals surface area contributed by atoms with E-state index in [1.807, 2.05) is 0 Å². The van der Waals surface area contributed by atoms with Crippen LogP contribution in [0.5, 0.6) is 0 Å². The molecule has 10 heteroatoms. The van der Waals surface area contributed by atoms with Crippen molar-refractivity contribution >= 4 is 15.8 Å². The Morgan fingerprint density at radius 3 is 2.39 bits per heavy atom. The molecule has 1 aromatic carbocycles. The monoisotopic (exact) mass is 483 g/mol. The number of sulfone groups is 1. The molecule has 6 nitrogen and oxygen atoms in total. The second kappa shape index (κ2) is 8.72. The normalized spacial score (nSPS) is 23.9. The number of aryl methyl sites for hydroxylation is 1. The van der Waals surface area contributed by atoms with Gasteiger partial charge in [0.15, 0.2) is 9.84 Å². The van der Waals surface area contributed by atoms with E-state index in [-0.39, 0.29) is 24.5 Å². The molecule has 2 aliphatic carbocycles. The van der Waals surface area contributed by atoms with Gasteiger partial charge in [0.25, 0.3) is 0 Å². The summed E-state index contributed by atoms with van der Waals surface area (Å²) in [5.41, 5.74) is 0.0520. The van der Waals surface area contributed by atoms with Gasteiger partial charge in [0, 0.05) is 11.9 Å². The maximum Gasteiger partial charge on any atom is 0.417 e. The molecule has 2 aromatic rings. The van der Waals surface area contributed by atoms with Crippen molar-refractivity contribution in [2.24, 2.45) is 5.92 Å². The molecule has 0 aliphatic heterocycles. The van der Waals surface area contributed by atoms with E-state index in [0.29, 0.717) is 11.3 Å². The molecule has 2 fully saturated rings. The molecule has 178 valence electrons. The zero-order valence-electron chi connectivity index (χ0n) is 17.9. The molecule has 3 atom stereocenters. The fourth-order valence-corrected chi connectivity index (χ4v) is 6.46. The number of benzene rings is 1. The number of carboxylic acid groups (broad SMARTS) is 1. The molecule has 2 aliphatic rings. The highest BCUT2D eigenvalue weighted by Crippen LogP contribution is 2.43. The van der Waals surface area contributed by atoms with Gasteiger partial charge in [-0.3, -0.25) is 9.78 Å². The fraction of sp³-hybridized carbons (Fsp3) is 0.478. The number of ether oxygens (including phenoxy) is 1. The maximum atomic E-state index is 14.0. The second-order valence-electron chi connectivity index (χ2n) is 8.71. The zero-order chi connectivity index (χ0) is 24.0. The van der Waals surface area contributed by atoms with Crippen LogP contribution in [0.4, 0.5) is 13.2 Å². The Balaban J connectivity index is 1.70. The van der Waals surface area contributed by atoms with Gasteiger partial charge in [-0.2, -0.15) is 13.2 Å². The highest BCUT2D eigenvalue weighted by molar-refractivity contribution is 7.92. The molecular weight excluding hydrogens is 459 g/mol. The highest BCUT2D eigenvalue weighted by Gasteiger charge is 2.48. The van der Waals surface area contributed by atoms with Gasteiger partial charge in [0.1, 0.15) is 0 Å². The van der Waals surface area contributed by atoms with Crippen molar-refractivity contribution in [2.45, 2.75) is 67.6 Å². The molecule has 4 rings (SSSR count). The number of aromatic nitrogens is 1. The Kier molecular flexibility index (Phi) is 6.26. The number of pyridine rings is 1. The first kappa shape index (κ1) is 23.7. The Morgan fingerprint density at radius 1 is 1.12 bits per heavy atom. The minimum atomic E-state index is -4.91. The van der Waals surface area contributed by atoms with Gasteiger partial charge in [-0.05, 0) is 74.4 Å². The first-order valence-corrected chi connectivity index (χ1v) is 12.3. The van der Waals surface area contributed by atoms with Crippen LogP contribution in [0.25, 0.3) is 11.1 Å². The Bertz CT molecular complexity index is 1160. The minimum absolute atomic E-state index is 0.118. The van der Waals surface area contributed by atoms with E-state index in [2.05, 4.69) is 4.98 Å². The number of carboxylic acids is 1. The van der Waals surface area contributed by atoms with E-state index >= 15 is 0 Å². The van der Waals surface area contributed by atoms with Crippen LogP contribution in [0.15, 0.2) is 41.4 Å². The van der Waals surface area contributed by atoms with Gasteiger partial charge >= 0.3 is 12.1 Å². The summed E-state index contributed by atoms with van der Waals surface area (Å²) >= 11 is 0. The number of halogens is 3. The van der Waals surface area contributed by atoms with E-state index < -0.39 is 49.7 Å². The molecule has 1 N–H and O–H groups in total. The molecule has 1 aromatic heterocycles. The van der Waals surface area contributed by atoms with Gasteiger partial charge in [0.2, 0.25) is 0 Å². The Labute approximate surface area is 189 Å². The number of rotatable bonds is 6. The largest absolute Gasteiger partial charge is 0.481 e. The lowest BCUT2D eigenvalue weighted by atomic mass is 9.95. The number of hydrogen-bond acceptors (Lipinski definition) is 5. The predicted molar refractivity (Wildman–Crippen MR) is 113 cm³/mol. The summed E-state index contributed by atoms with van der Waals surface area (Å²) in [4.78, 5) is 14.9. The molecule has 0 amide bonds. The van der Waals surface area contributed by atoms with E-state index in [1.165, 1.54) is 12.3 Å². The molecule has 0 bridgehead atoms. The second-order valence-corrected chi connectivity index (χ2v) is 10.9. The van der Waals surface area contributed by atoms with Crippen LogP contribution >= 0.6 is 0 Å². The van der Waals surface area contributed by atoms with Gasteiger partial charge in [0.05, 0.1) is 33.8 Å². The lowest BCUT2D eigenvalue weighted by molar-refractivity contribution is -0.149. The third-order valence-corrected chi connectivity index (χ3v) is 8.69. The number of alkyl halides is 3. The van der Waals surface area contributed by atoms with Crippen LogP contribution in [0, 0.1) is 12.8 Å². The van der Waals surface area contributed by atoms with Crippen molar-refractivity contribution in [3.8, 4) is 11.1 Å². The van der Waals surface area contributed by atoms with Gasteiger partial charge < -0.3 is 9.84 Å². The lowest BCUT2D eigenvalue weighted by Crippen LogP contribution is -2.33. The van der Waals surface area contributed by atoms with Gasteiger partial charge in [-0.1, -0.05) is 6.07 Å². The van der Waals surface area contributed by atoms with Crippen molar-refractivity contribution in [1.82, 2.24) is 4.98 Å². The molecule has 0 radical (unpaired) electrons. The third-order valence-electron chi connectivity index (χ3n) is 6.46. The molecule has 1 heterocycles. The quantitative estimate of drug-likeness (QED) is 0.643. The average molecular weight is 484 g/mol. The van der Waals surface area contributed by atoms with Crippen molar-refractivity contribution in [2.75, 3.05) is 0 Å². The predicted octanol–water partition coefficient (Wildman–Crippen LogP) is 4.65. The number of carbonyl (C=O) groups is 1. The fourth-order valence-electron chi connectivity index (χ4n) is 4.46. The summed E-state index contributed by atoms with van der Waals surface area (Å²) in [6, 6.07) is 6.30. The van der Waals surface area contributed by atoms with Crippen LogP contribution in [0.3, 0.4) is 0 Å². The molecule has 33 heavy (non-hydrogen) atoms. The van der Waals surface area contributed by atoms with Crippen LogP contribution in [0.2, 0.25) is 0 Å². The molecule has 0 spiro atoms. The minimum Gasteiger partial charge on any atom is -0.481 e. The molecule has 2 saturated carbocycles. The molecule has 0 saturated heterocycles. The van der Waals surface area contributed by atoms with Crippen LogP contribution in [-0.2, 0) is 25.5 Å². The summed E-state index contributed by atoms with van der Waals surface area (Å²) < 4.78 is 74.3. The molecule has 0 unspecified atom stereocenters. The van der Waals surface area contributed by atoms with Crippen LogP contribution in [-0.4, -0.2) is 41.9 Å². The summed E-state index contributed by atoms with van der Waals surface area (Å²) in [7, 11) is -4.46. The smallest absolute Gasteiger partial charge is 0.417 e. The third kappa shape index (κ3) is 4.77. The SMILES string of the molecule is Cc1cc(-c2ccc(S(=O)(=O)[C@@H]3C[C@H](OC4CCC4)[C@@H](C(=O)O)C3)c(C(F)(F)F)c2)ccn1. The van der Waals surface area contributed by atoms with Crippen molar-refractivity contribution in [1.29, 1.82) is 0 Å². The van der Waals surface area contributed by atoms with Crippen LogP contribution in [0.1, 0.15) is 43.4 Å². The lowest BCUT2D eigenvalue weighted by Gasteiger charge is -2.30. The number of hydrogen-bond donors (Lipinski definition) is 1. The van der Waals surface area contributed by atoms with Crippen molar-refractivity contribution in [3.05, 3.63) is 47.8 Å². The maximum absolute atomic E-state index is 14.0. The first-order valence-electron chi connectivity index (χ1n) is 10.7. The van der Waals surface area contributed by atoms with Gasteiger partial charge in [-0.25, -0.2) is 8.42 Å². The van der Waals surface area contributed by atoms with Crippen LogP contribution < -0.4 is 0 Å². The summed E-state index contributed by atoms with van der Waals surface area (Å²) in [6.07, 6.45) is -2.32. The van der Waals surface area contributed by atoms with E-state index in [4.69, 9.17) is 4.74 Å². The highest BCUT2D eigenvalue weighted by atomic mass is 32.2. The Morgan fingerprint density at radius 2 is 1.82 bits per heavy atom. The summed E-state index contributed by atoms with van der Waals surface area (Å²) in [5, 5.41) is 8.29. The van der Waals surface area contributed by atoms with E-state index in [0.717, 1.165) is 31.4 Å². The Hall–Kier alpha value is -2.46. The topological polar surface area (TPSA) is 93.6 Å². The summed E-state index contributed by atoms with van der Waals surface area (Å²) in [5.74, 6) is -2.27. The van der Waals surface area contributed by atoms with Crippen molar-refractivity contribution < 1.29 is 36.2 Å².